The van der Waals surface area contributed by atoms with Gasteiger partial charge in [-0.2, -0.15) is 0 Å². The van der Waals surface area contributed by atoms with E-state index in [4.69, 9.17) is 0 Å². The van der Waals surface area contributed by atoms with Gasteiger partial charge in [-0.25, -0.2) is 0 Å². The van der Waals surface area contributed by atoms with E-state index in [-0.39, 0.29) is 5.92 Å². The molecule has 0 aromatic heterocycles. The zero-order valence-electron chi connectivity index (χ0n) is 12.0. The second-order valence-corrected chi connectivity index (χ2v) is 5.85. The van der Waals surface area contributed by atoms with Crippen LogP contribution in [0.25, 0.3) is 0 Å². The number of piperidine rings is 1. The van der Waals surface area contributed by atoms with Crippen LogP contribution in [0.4, 0.5) is 0 Å². The first-order chi connectivity index (χ1) is 8.96. The first-order valence-corrected chi connectivity index (χ1v) is 6.98. The van der Waals surface area contributed by atoms with Gasteiger partial charge in [-0.1, -0.05) is 23.8 Å². The van der Waals surface area contributed by atoms with E-state index in [1.54, 1.807) is 0 Å². The summed E-state index contributed by atoms with van der Waals surface area (Å²) in [5.41, 5.74) is 2.46. The third-order valence-electron chi connectivity index (χ3n) is 4.54. The van der Waals surface area contributed by atoms with Gasteiger partial charge >= 0.3 is 5.97 Å². The highest BCUT2D eigenvalue weighted by molar-refractivity contribution is 5.82. The van der Waals surface area contributed by atoms with Crippen LogP contribution in [0.2, 0.25) is 0 Å². The van der Waals surface area contributed by atoms with Crippen molar-refractivity contribution < 1.29 is 9.90 Å². The van der Waals surface area contributed by atoms with Gasteiger partial charge in [0.15, 0.2) is 0 Å². The highest BCUT2D eigenvalue weighted by Gasteiger charge is 2.44. The molecule has 3 nitrogen and oxygen atoms in total. The second kappa shape index (κ2) is 5.33. The fourth-order valence-corrected chi connectivity index (χ4v) is 3.31. The molecule has 0 amide bonds. The molecule has 2 N–H and O–H groups in total. The van der Waals surface area contributed by atoms with E-state index in [0.717, 1.165) is 37.1 Å². The Morgan fingerprint density at radius 1 is 1.32 bits per heavy atom. The van der Waals surface area contributed by atoms with Crippen LogP contribution >= 0.6 is 0 Å². The maximum atomic E-state index is 11.9. The predicted molar refractivity (Wildman–Crippen MR) is 76.5 cm³/mol. The van der Waals surface area contributed by atoms with Crippen molar-refractivity contribution in [2.75, 3.05) is 13.1 Å². The zero-order chi connectivity index (χ0) is 14.0. The van der Waals surface area contributed by atoms with Gasteiger partial charge in [0.1, 0.15) is 0 Å². The van der Waals surface area contributed by atoms with Gasteiger partial charge in [-0.15, -0.1) is 0 Å². The minimum atomic E-state index is -0.778. The Balaban J connectivity index is 2.46. The molecule has 1 saturated heterocycles. The van der Waals surface area contributed by atoms with Crippen molar-refractivity contribution in [1.29, 1.82) is 0 Å². The highest BCUT2D eigenvalue weighted by Crippen LogP contribution is 2.39. The molecule has 1 aliphatic rings. The van der Waals surface area contributed by atoms with Crippen LogP contribution in [0.15, 0.2) is 18.2 Å². The van der Waals surface area contributed by atoms with Crippen molar-refractivity contribution in [3.05, 3.63) is 34.9 Å². The fourth-order valence-electron chi connectivity index (χ4n) is 3.31. The van der Waals surface area contributed by atoms with Crippen LogP contribution in [0, 0.1) is 19.8 Å². The third-order valence-corrected chi connectivity index (χ3v) is 4.54. The van der Waals surface area contributed by atoms with Crippen LogP contribution in [-0.2, 0) is 10.2 Å². The maximum Gasteiger partial charge on any atom is 0.314 e. The lowest BCUT2D eigenvalue weighted by Crippen LogP contribution is -2.45. The van der Waals surface area contributed by atoms with Gasteiger partial charge in [0.2, 0.25) is 0 Å². The summed E-state index contributed by atoms with van der Waals surface area (Å²) in [4.78, 5) is 11.9. The van der Waals surface area contributed by atoms with E-state index >= 15 is 0 Å². The third kappa shape index (κ3) is 2.52. The number of carboxylic acids is 1. The largest absolute Gasteiger partial charge is 0.481 e. The van der Waals surface area contributed by atoms with Crippen LogP contribution in [0.5, 0.6) is 0 Å². The monoisotopic (exact) mass is 261 g/mol. The lowest BCUT2D eigenvalue weighted by Gasteiger charge is -2.38. The minimum absolute atomic E-state index is 0.202. The second-order valence-electron chi connectivity index (χ2n) is 5.85. The van der Waals surface area contributed by atoms with Crippen molar-refractivity contribution in [2.24, 2.45) is 5.92 Å². The number of aliphatic carboxylic acids is 1. The summed E-state index contributed by atoms with van der Waals surface area (Å²) < 4.78 is 0. The van der Waals surface area contributed by atoms with Gasteiger partial charge in [0, 0.05) is 0 Å². The Hall–Kier alpha value is -1.35. The molecule has 1 unspecified atom stereocenters. The molecule has 1 aliphatic heterocycles. The smallest absolute Gasteiger partial charge is 0.314 e. The Kier molecular flexibility index (Phi) is 3.95. The average molecular weight is 261 g/mol. The van der Waals surface area contributed by atoms with Gasteiger partial charge in [-0.05, 0) is 63.7 Å². The summed E-state index contributed by atoms with van der Waals surface area (Å²) >= 11 is 0. The Bertz CT molecular complexity index is 478. The number of rotatable bonds is 3. The summed E-state index contributed by atoms with van der Waals surface area (Å²) in [5.74, 6) is -0.501. The number of carboxylic acid groups (broad SMARTS) is 1. The van der Waals surface area contributed by atoms with E-state index in [0.29, 0.717) is 0 Å². The van der Waals surface area contributed by atoms with Gasteiger partial charge in [0.05, 0.1) is 5.41 Å². The quantitative estimate of drug-likeness (QED) is 0.879. The number of benzene rings is 1. The molecule has 1 fully saturated rings. The van der Waals surface area contributed by atoms with Gasteiger partial charge < -0.3 is 10.4 Å². The Labute approximate surface area is 115 Å². The average Bonchev–Trinajstić information content (AvgIpc) is 2.38. The predicted octanol–water partition coefficient (Wildman–Crippen LogP) is 2.65. The first-order valence-electron chi connectivity index (χ1n) is 6.98. The molecule has 19 heavy (non-hydrogen) atoms. The molecule has 1 aromatic rings. The molecule has 0 bridgehead atoms. The van der Waals surface area contributed by atoms with E-state index in [1.807, 2.05) is 32.9 Å². The van der Waals surface area contributed by atoms with Crippen LogP contribution in [0.3, 0.4) is 0 Å². The molecule has 104 valence electrons. The topological polar surface area (TPSA) is 49.3 Å². The molecule has 3 heteroatoms. The van der Waals surface area contributed by atoms with Crippen LogP contribution in [-0.4, -0.2) is 24.2 Å². The lowest BCUT2D eigenvalue weighted by molar-refractivity contribution is -0.146. The standard InChI is InChI=1S/C16H23NO2/c1-11-4-5-14(12(2)10-11)16(3,15(18)19)13-6-8-17-9-7-13/h4-5,10,13,17H,6-9H2,1-3H3,(H,18,19). The highest BCUT2D eigenvalue weighted by atomic mass is 16.4. The van der Waals surface area contributed by atoms with Gasteiger partial charge in [-0.3, -0.25) is 4.79 Å². The Morgan fingerprint density at radius 3 is 2.47 bits per heavy atom. The molecule has 2 rings (SSSR count). The first kappa shape index (κ1) is 14.1. The van der Waals surface area contributed by atoms with E-state index in [2.05, 4.69) is 11.4 Å². The molecule has 0 spiro atoms. The molecule has 1 heterocycles. The maximum absolute atomic E-state index is 11.9. The number of aryl methyl sites for hydroxylation is 2. The molecule has 0 radical (unpaired) electrons. The molecular weight excluding hydrogens is 238 g/mol. The minimum Gasteiger partial charge on any atom is -0.481 e. The molecule has 0 aliphatic carbocycles. The summed E-state index contributed by atoms with van der Waals surface area (Å²) in [7, 11) is 0. The van der Waals surface area contributed by atoms with Crippen LogP contribution < -0.4 is 5.32 Å². The zero-order valence-corrected chi connectivity index (χ0v) is 12.0. The van der Waals surface area contributed by atoms with Crippen molar-refractivity contribution in [1.82, 2.24) is 5.32 Å². The van der Waals surface area contributed by atoms with Crippen molar-refractivity contribution in [3.8, 4) is 0 Å². The number of nitrogens with one attached hydrogen (secondary N) is 1. The van der Waals surface area contributed by atoms with E-state index < -0.39 is 11.4 Å². The van der Waals surface area contributed by atoms with Gasteiger partial charge in [0.25, 0.3) is 0 Å². The lowest BCUT2D eigenvalue weighted by atomic mass is 9.67. The fraction of sp³-hybridized carbons (Fsp3) is 0.562. The van der Waals surface area contributed by atoms with E-state index in [9.17, 15) is 9.90 Å². The molecular formula is C16H23NO2. The normalized spacial score (nSPS) is 19.9. The summed E-state index contributed by atoms with van der Waals surface area (Å²) in [6.45, 7) is 7.78. The van der Waals surface area contributed by atoms with E-state index in [1.165, 1.54) is 5.56 Å². The van der Waals surface area contributed by atoms with Crippen molar-refractivity contribution >= 4 is 5.97 Å². The number of carbonyl (C=O) groups is 1. The van der Waals surface area contributed by atoms with Crippen molar-refractivity contribution in [2.45, 2.75) is 39.0 Å². The van der Waals surface area contributed by atoms with Crippen molar-refractivity contribution in [3.63, 3.8) is 0 Å². The molecule has 0 saturated carbocycles. The molecule has 1 aromatic carbocycles. The summed E-state index contributed by atoms with van der Waals surface area (Å²) in [5, 5.41) is 13.1. The molecule has 1 atom stereocenters. The SMILES string of the molecule is Cc1ccc(C(C)(C(=O)O)C2CCNCC2)c(C)c1. The van der Waals surface area contributed by atoms with Crippen LogP contribution in [0.1, 0.15) is 36.5 Å². The number of hydrogen-bond donors (Lipinski definition) is 2. The Morgan fingerprint density at radius 2 is 1.95 bits per heavy atom. The number of hydrogen-bond acceptors (Lipinski definition) is 2. The summed E-state index contributed by atoms with van der Waals surface area (Å²) in [6.07, 6.45) is 1.85. The summed E-state index contributed by atoms with van der Waals surface area (Å²) in [6, 6.07) is 6.10.